The van der Waals surface area contributed by atoms with Crippen LogP contribution in [-0.4, -0.2) is 43.7 Å². The molecule has 0 fully saturated rings. The Bertz CT molecular complexity index is 1670. The van der Waals surface area contributed by atoms with E-state index in [1.807, 2.05) is 0 Å². The molecule has 2 aromatic heterocycles. The largest absolute Gasteiger partial charge is 0.491 e. The van der Waals surface area contributed by atoms with Crippen molar-refractivity contribution in [2.45, 2.75) is 18.6 Å². The summed E-state index contributed by atoms with van der Waals surface area (Å²) in [6, 6.07) is 13.3. The Morgan fingerprint density at radius 3 is 2.67 bits per heavy atom. The highest BCUT2D eigenvalue weighted by Gasteiger charge is 2.44. The maximum atomic E-state index is 13.9. The highest BCUT2D eigenvalue weighted by Crippen LogP contribution is 2.33. The van der Waals surface area contributed by atoms with Crippen LogP contribution in [0.2, 0.25) is 0 Å². The van der Waals surface area contributed by atoms with Gasteiger partial charge < -0.3 is 10.1 Å². The SMILES string of the molecule is O=C(Nc1cccc(C#Cc2cnc3cccnn23)c1)N1N=C(OC(=O)C(F)(F)F)C[C@@H]1c1cccc(F)c1. The van der Waals surface area contributed by atoms with Crippen LogP contribution in [-0.2, 0) is 9.53 Å². The molecule has 1 aliphatic heterocycles. The summed E-state index contributed by atoms with van der Waals surface area (Å²) in [7, 11) is 0. The number of halogens is 4. The minimum Gasteiger partial charge on any atom is -0.403 e. The summed E-state index contributed by atoms with van der Waals surface area (Å²) in [6.45, 7) is 0. The monoisotopic (exact) mass is 536 g/mol. The van der Waals surface area contributed by atoms with E-state index < -0.39 is 35.9 Å². The minimum atomic E-state index is -5.26. The molecule has 13 heteroatoms. The molecule has 5 rings (SSSR count). The number of hydrazone groups is 1. The van der Waals surface area contributed by atoms with E-state index in [1.165, 1.54) is 18.2 Å². The van der Waals surface area contributed by atoms with Gasteiger partial charge in [0.2, 0.25) is 5.90 Å². The number of ether oxygens (including phenoxy) is 1. The van der Waals surface area contributed by atoms with Crippen LogP contribution in [0.5, 0.6) is 0 Å². The first-order valence-electron chi connectivity index (χ1n) is 11.3. The molecule has 1 aliphatic rings. The number of rotatable bonds is 2. The normalized spacial score (nSPS) is 14.9. The Balaban J connectivity index is 1.37. The first-order chi connectivity index (χ1) is 18.7. The van der Waals surface area contributed by atoms with Crippen LogP contribution in [0.25, 0.3) is 5.65 Å². The number of fused-ring (bicyclic) bond motifs is 1. The zero-order chi connectivity index (χ0) is 27.6. The van der Waals surface area contributed by atoms with E-state index in [1.54, 1.807) is 53.3 Å². The number of urea groups is 1. The summed E-state index contributed by atoms with van der Waals surface area (Å²) in [6.07, 6.45) is -2.46. The van der Waals surface area contributed by atoms with Crippen molar-refractivity contribution in [2.75, 3.05) is 5.32 Å². The van der Waals surface area contributed by atoms with E-state index in [2.05, 4.69) is 37.1 Å². The highest BCUT2D eigenvalue weighted by molar-refractivity contribution is 5.96. The van der Waals surface area contributed by atoms with Gasteiger partial charge in [-0.2, -0.15) is 18.3 Å². The van der Waals surface area contributed by atoms with Crippen molar-refractivity contribution in [1.29, 1.82) is 0 Å². The predicted molar refractivity (Wildman–Crippen MR) is 130 cm³/mol. The molecule has 0 saturated carbocycles. The van der Waals surface area contributed by atoms with E-state index in [4.69, 9.17) is 0 Å². The van der Waals surface area contributed by atoms with Crippen molar-refractivity contribution >= 4 is 29.2 Å². The molecule has 39 heavy (non-hydrogen) atoms. The second-order valence-corrected chi connectivity index (χ2v) is 8.20. The average Bonchev–Trinajstić information content (AvgIpc) is 3.52. The van der Waals surface area contributed by atoms with Gasteiger partial charge >= 0.3 is 18.2 Å². The zero-order valence-electron chi connectivity index (χ0n) is 19.7. The van der Waals surface area contributed by atoms with Crippen LogP contribution < -0.4 is 5.32 Å². The van der Waals surface area contributed by atoms with Gasteiger partial charge in [-0.05, 0) is 53.9 Å². The summed E-state index contributed by atoms with van der Waals surface area (Å²) in [5.41, 5.74) is 2.25. The number of hydrogen-bond acceptors (Lipinski definition) is 6. The second kappa shape index (κ2) is 10.3. The number of esters is 1. The van der Waals surface area contributed by atoms with Crippen LogP contribution in [0, 0.1) is 17.7 Å². The summed E-state index contributed by atoms with van der Waals surface area (Å²) in [5.74, 6) is 2.18. The van der Waals surface area contributed by atoms with Crippen LogP contribution in [0.3, 0.4) is 0 Å². The van der Waals surface area contributed by atoms with Gasteiger partial charge in [-0.25, -0.2) is 28.5 Å². The number of carbonyl (C=O) groups is 2. The molecular formula is C26H16F4N6O3. The van der Waals surface area contributed by atoms with Crippen molar-refractivity contribution in [1.82, 2.24) is 19.6 Å². The molecule has 2 amide bonds. The predicted octanol–water partition coefficient (Wildman–Crippen LogP) is 4.67. The van der Waals surface area contributed by atoms with E-state index >= 15 is 0 Å². The Labute approximate surface area is 217 Å². The lowest BCUT2D eigenvalue weighted by molar-refractivity contribution is -0.191. The number of benzene rings is 2. The number of imidazole rings is 1. The molecule has 9 nitrogen and oxygen atoms in total. The van der Waals surface area contributed by atoms with Gasteiger partial charge in [0.1, 0.15) is 11.5 Å². The molecule has 0 unspecified atom stereocenters. The fourth-order valence-electron chi connectivity index (χ4n) is 3.78. The molecule has 196 valence electrons. The third kappa shape index (κ3) is 5.69. The van der Waals surface area contributed by atoms with Gasteiger partial charge in [0, 0.05) is 17.4 Å². The first-order valence-corrected chi connectivity index (χ1v) is 11.3. The number of amides is 2. The quantitative estimate of drug-likeness (QED) is 0.228. The zero-order valence-corrected chi connectivity index (χ0v) is 19.7. The number of anilines is 1. The topological polar surface area (TPSA) is 101 Å². The smallest absolute Gasteiger partial charge is 0.403 e. The van der Waals surface area contributed by atoms with Gasteiger partial charge in [-0.3, -0.25) is 0 Å². The molecule has 0 aliphatic carbocycles. The molecule has 1 atom stereocenters. The van der Waals surface area contributed by atoms with Crippen LogP contribution in [0.4, 0.5) is 28.0 Å². The number of nitrogens with zero attached hydrogens (tertiary/aromatic N) is 5. The molecule has 0 saturated heterocycles. The lowest BCUT2D eigenvalue weighted by Crippen LogP contribution is -2.31. The molecule has 1 N–H and O–H groups in total. The third-order valence-electron chi connectivity index (χ3n) is 5.49. The molecule has 0 bridgehead atoms. The van der Waals surface area contributed by atoms with Crippen molar-refractivity contribution in [2.24, 2.45) is 5.10 Å². The number of carbonyl (C=O) groups excluding carboxylic acids is 2. The lowest BCUT2D eigenvalue weighted by atomic mass is 10.0. The molecule has 2 aromatic carbocycles. The maximum absolute atomic E-state index is 13.9. The summed E-state index contributed by atoms with van der Waals surface area (Å²) in [4.78, 5) is 28.6. The fraction of sp³-hybridized carbons (Fsp3) is 0.115. The fourth-order valence-corrected chi connectivity index (χ4v) is 3.78. The van der Waals surface area contributed by atoms with Crippen molar-refractivity contribution in [3.8, 4) is 11.8 Å². The standard InChI is InChI=1S/C26H16F4N6O3/c27-18-6-2-5-17(13-18)21-14-23(39-24(37)26(28,29)30)34-36(21)25(38)33-19-7-1-4-16(12-19)9-10-20-15-31-22-8-3-11-32-35(20)22/h1-8,11-13,15,21H,14H2,(H,33,38)/t21-/m1/s1. The number of aromatic nitrogens is 3. The summed E-state index contributed by atoms with van der Waals surface area (Å²) >= 11 is 0. The van der Waals surface area contributed by atoms with Gasteiger partial charge in [0.15, 0.2) is 5.65 Å². The Morgan fingerprint density at radius 2 is 1.87 bits per heavy atom. The molecule has 0 radical (unpaired) electrons. The maximum Gasteiger partial charge on any atom is 0.491 e. The Hall–Kier alpha value is -5.25. The van der Waals surface area contributed by atoms with Crippen LogP contribution in [0.1, 0.15) is 29.3 Å². The average molecular weight is 536 g/mol. The molecule has 0 spiro atoms. The van der Waals surface area contributed by atoms with Crippen molar-refractivity contribution in [3.05, 3.63) is 95.7 Å². The number of nitrogens with one attached hydrogen (secondary N) is 1. The highest BCUT2D eigenvalue weighted by atomic mass is 19.4. The number of alkyl halides is 3. The second-order valence-electron chi connectivity index (χ2n) is 8.20. The van der Waals surface area contributed by atoms with E-state index in [0.29, 0.717) is 22.6 Å². The molecular weight excluding hydrogens is 520 g/mol. The summed E-state index contributed by atoms with van der Waals surface area (Å²) < 4.78 is 57.9. The Kier molecular flexibility index (Phi) is 6.68. The van der Waals surface area contributed by atoms with Gasteiger partial charge in [0.05, 0.1) is 18.7 Å². The van der Waals surface area contributed by atoms with Gasteiger partial charge in [-0.1, -0.05) is 24.1 Å². The van der Waals surface area contributed by atoms with Crippen LogP contribution in [0.15, 0.2) is 78.2 Å². The van der Waals surface area contributed by atoms with Crippen LogP contribution >= 0.6 is 0 Å². The van der Waals surface area contributed by atoms with Crippen molar-refractivity contribution < 1.29 is 31.9 Å². The summed E-state index contributed by atoms with van der Waals surface area (Å²) in [5, 5.41) is 11.4. The van der Waals surface area contributed by atoms with Gasteiger partial charge in [0.25, 0.3) is 0 Å². The van der Waals surface area contributed by atoms with E-state index in [9.17, 15) is 27.2 Å². The first kappa shape index (κ1) is 25.4. The molecule has 4 aromatic rings. The Morgan fingerprint density at radius 1 is 1.05 bits per heavy atom. The van der Waals surface area contributed by atoms with Gasteiger partial charge in [-0.15, -0.1) is 5.10 Å². The van der Waals surface area contributed by atoms with E-state index in [-0.39, 0.29) is 12.0 Å². The third-order valence-corrected chi connectivity index (χ3v) is 5.49. The van der Waals surface area contributed by atoms with E-state index in [0.717, 1.165) is 11.1 Å². The minimum absolute atomic E-state index is 0.244. The molecule has 3 heterocycles. The van der Waals surface area contributed by atoms with Crippen molar-refractivity contribution in [3.63, 3.8) is 0 Å². The number of hydrogen-bond donors (Lipinski definition) is 1. The lowest BCUT2D eigenvalue weighted by Gasteiger charge is -2.22.